The lowest BCUT2D eigenvalue weighted by Crippen LogP contribution is -2.55. The van der Waals surface area contributed by atoms with E-state index in [9.17, 15) is 9.59 Å². The summed E-state index contributed by atoms with van der Waals surface area (Å²) in [5.74, 6) is 0.522. The number of aryl methyl sites for hydroxylation is 2. The molecular weight excluding hydrogens is 288 g/mol. The van der Waals surface area contributed by atoms with Gasteiger partial charge in [0, 0.05) is 18.7 Å². The number of benzene rings is 1. The lowest BCUT2D eigenvalue weighted by molar-refractivity contribution is -0.127. The molecule has 1 fully saturated rings. The Morgan fingerprint density at radius 3 is 2.70 bits per heavy atom. The molecule has 126 valence electrons. The zero-order valence-electron chi connectivity index (χ0n) is 14.9. The van der Waals surface area contributed by atoms with E-state index in [1.165, 1.54) is 0 Å². The number of nitrogens with zero attached hydrogens (tertiary/aromatic N) is 1. The van der Waals surface area contributed by atoms with E-state index in [2.05, 4.69) is 19.2 Å². The average molecular weight is 316 g/mol. The number of hydrogen-bond acceptors (Lipinski definition) is 2. The lowest BCUT2D eigenvalue weighted by atomic mass is 9.95. The maximum atomic E-state index is 12.8. The quantitative estimate of drug-likeness (QED) is 0.905. The first-order valence-electron chi connectivity index (χ1n) is 8.44. The van der Waals surface area contributed by atoms with Crippen molar-refractivity contribution in [1.29, 1.82) is 0 Å². The van der Waals surface area contributed by atoms with Crippen molar-refractivity contribution >= 4 is 17.5 Å². The van der Waals surface area contributed by atoms with Crippen LogP contribution in [0.1, 0.15) is 51.2 Å². The summed E-state index contributed by atoms with van der Waals surface area (Å²) in [6.07, 6.45) is 1.92. The number of amides is 2. The molecule has 0 bridgehead atoms. The van der Waals surface area contributed by atoms with Crippen molar-refractivity contribution in [3.8, 4) is 0 Å². The molecule has 1 heterocycles. The molecule has 1 saturated heterocycles. The number of carbonyl (C=O) groups excluding carboxylic acids is 2. The van der Waals surface area contributed by atoms with Crippen LogP contribution in [0.2, 0.25) is 0 Å². The molecule has 2 amide bonds. The van der Waals surface area contributed by atoms with Crippen molar-refractivity contribution in [1.82, 2.24) is 5.32 Å². The second-order valence-electron chi connectivity index (χ2n) is 7.23. The topological polar surface area (TPSA) is 49.4 Å². The number of anilines is 1. The minimum Gasteiger partial charge on any atom is -0.354 e. The van der Waals surface area contributed by atoms with Crippen LogP contribution in [-0.4, -0.2) is 23.9 Å². The second kappa shape index (κ2) is 6.73. The van der Waals surface area contributed by atoms with Crippen molar-refractivity contribution in [2.75, 3.05) is 11.4 Å². The van der Waals surface area contributed by atoms with Crippen LogP contribution in [0.5, 0.6) is 0 Å². The zero-order valence-corrected chi connectivity index (χ0v) is 14.9. The van der Waals surface area contributed by atoms with Crippen molar-refractivity contribution in [2.24, 2.45) is 5.92 Å². The zero-order chi connectivity index (χ0) is 17.2. The van der Waals surface area contributed by atoms with Gasteiger partial charge in [0.1, 0.15) is 5.54 Å². The van der Waals surface area contributed by atoms with Crippen molar-refractivity contribution in [2.45, 2.75) is 59.4 Å². The molecule has 1 atom stereocenters. The van der Waals surface area contributed by atoms with Crippen LogP contribution >= 0.6 is 0 Å². The standard InChI is InChI=1S/C19H28N2O2/c1-13(2)9-11-20-18(23)19(5)10-8-17(22)21(19)16-12-14(3)6-7-15(16)4/h6-7,12-13H,8-11H2,1-5H3,(H,20,23). The molecule has 1 N–H and O–H groups in total. The molecular formula is C19H28N2O2. The van der Waals surface area contributed by atoms with Gasteiger partial charge in [0.05, 0.1) is 0 Å². The van der Waals surface area contributed by atoms with Crippen LogP contribution in [0.4, 0.5) is 5.69 Å². The Labute approximate surface area is 139 Å². The minimum atomic E-state index is -0.799. The van der Waals surface area contributed by atoms with Gasteiger partial charge in [0.25, 0.3) is 0 Å². The minimum absolute atomic E-state index is 0.0280. The van der Waals surface area contributed by atoms with E-state index >= 15 is 0 Å². The fourth-order valence-corrected chi connectivity index (χ4v) is 3.09. The molecule has 4 nitrogen and oxygen atoms in total. The summed E-state index contributed by atoms with van der Waals surface area (Å²) in [6.45, 7) is 10.8. The van der Waals surface area contributed by atoms with E-state index in [1.54, 1.807) is 4.90 Å². The highest BCUT2D eigenvalue weighted by Crippen LogP contribution is 2.37. The van der Waals surface area contributed by atoms with Gasteiger partial charge in [-0.25, -0.2) is 0 Å². The van der Waals surface area contributed by atoms with Crippen molar-refractivity contribution in [3.63, 3.8) is 0 Å². The number of rotatable bonds is 5. The largest absolute Gasteiger partial charge is 0.354 e. The summed E-state index contributed by atoms with van der Waals surface area (Å²) in [5.41, 5.74) is 2.17. The average Bonchev–Trinajstić information content (AvgIpc) is 2.78. The molecule has 1 unspecified atom stereocenters. The van der Waals surface area contributed by atoms with E-state index in [-0.39, 0.29) is 11.8 Å². The molecule has 1 aromatic rings. The molecule has 1 aromatic carbocycles. The third kappa shape index (κ3) is 3.57. The molecule has 23 heavy (non-hydrogen) atoms. The van der Waals surface area contributed by atoms with E-state index < -0.39 is 5.54 Å². The second-order valence-corrected chi connectivity index (χ2v) is 7.23. The van der Waals surface area contributed by atoms with Gasteiger partial charge >= 0.3 is 0 Å². The summed E-state index contributed by atoms with van der Waals surface area (Å²) in [4.78, 5) is 27.0. The Balaban J connectivity index is 2.27. The Kier molecular flexibility index (Phi) is 5.12. The van der Waals surface area contributed by atoms with Gasteiger partial charge in [-0.15, -0.1) is 0 Å². The van der Waals surface area contributed by atoms with Crippen LogP contribution in [0.15, 0.2) is 18.2 Å². The predicted molar refractivity (Wildman–Crippen MR) is 93.5 cm³/mol. The van der Waals surface area contributed by atoms with Gasteiger partial charge in [-0.3, -0.25) is 14.5 Å². The normalized spacial score (nSPS) is 21.1. The van der Waals surface area contributed by atoms with Crippen molar-refractivity contribution < 1.29 is 9.59 Å². The van der Waals surface area contributed by atoms with Gasteiger partial charge in [-0.2, -0.15) is 0 Å². The molecule has 0 radical (unpaired) electrons. The van der Waals surface area contributed by atoms with Gasteiger partial charge in [-0.05, 0) is 56.7 Å². The molecule has 0 aliphatic carbocycles. The summed E-state index contributed by atoms with van der Waals surface area (Å²) < 4.78 is 0. The van der Waals surface area contributed by atoms with Gasteiger partial charge in [0.2, 0.25) is 11.8 Å². The van der Waals surface area contributed by atoms with E-state index in [1.807, 2.05) is 39.0 Å². The summed E-state index contributed by atoms with van der Waals surface area (Å²) in [6, 6.07) is 6.03. The third-order valence-corrected chi connectivity index (χ3v) is 4.67. The Morgan fingerprint density at radius 1 is 1.35 bits per heavy atom. The molecule has 0 spiro atoms. The highest BCUT2D eigenvalue weighted by molar-refractivity contribution is 6.07. The Bertz CT molecular complexity index is 609. The first kappa shape index (κ1) is 17.5. The fourth-order valence-electron chi connectivity index (χ4n) is 3.09. The fraction of sp³-hybridized carbons (Fsp3) is 0.579. The van der Waals surface area contributed by atoms with Gasteiger partial charge < -0.3 is 5.32 Å². The maximum Gasteiger partial charge on any atom is 0.246 e. The third-order valence-electron chi connectivity index (χ3n) is 4.67. The SMILES string of the molecule is Cc1ccc(C)c(N2C(=O)CCC2(C)C(=O)NCCC(C)C)c1. The van der Waals surface area contributed by atoms with E-state index in [4.69, 9.17) is 0 Å². The van der Waals surface area contributed by atoms with Crippen LogP contribution in [0.25, 0.3) is 0 Å². The van der Waals surface area contributed by atoms with Gasteiger partial charge in [-0.1, -0.05) is 26.0 Å². The highest BCUT2D eigenvalue weighted by Gasteiger charge is 2.48. The van der Waals surface area contributed by atoms with E-state index in [0.29, 0.717) is 25.3 Å². The summed E-state index contributed by atoms with van der Waals surface area (Å²) >= 11 is 0. The van der Waals surface area contributed by atoms with Crippen LogP contribution < -0.4 is 10.2 Å². The maximum absolute atomic E-state index is 12.8. The molecule has 1 aliphatic rings. The van der Waals surface area contributed by atoms with Crippen LogP contribution in [0, 0.1) is 19.8 Å². The molecule has 0 aromatic heterocycles. The van der Waals surface area contributed by atoms with Gasteiger partial charge in [0.15, 0.2) is 0 Å². The predicted octanol–water partition coefficient (Wildman–Crippen LogP) is 3.35. The first-order chi connectivity index (χ1) is 10.8. The van der Waals surface area contributed by atoms with Crippen LogP contribution in [-0.2, 0) is 9.59 Å². The number of hydrogen-bond donors (Lipinski definition) is 1. The van der Waals surface area contributed by atoms with Crippen LogP contribution in [0.3, 0.4) is 0 Å². The summed E-state index contributed by atoms with van der Waals surface area (Å²) in [7, 11) is 0. The molecule has 1 aliphatic heterocycles. The lowest BCUT2D eigenvalue weighted by Gasteiger charge is -2.35. The Morgan fingerprint density at radius 2 is 2.04 bits per heavy atom. The summed E-state index contributed by atoms with van der Waals surface area (Å²) in [5, 5.41) is 3.02. The number of carbonyl (C=O) groups is 2. The van der Waals surface area contributed by atoms with E-state index in [0.717, 1.165) is 23.2 Å². The molecule has 2 rings (SSSR count). The highest BCUT2D eigenvalue weighted by atomic mass is 16.2. The smallest absolute Gasteiger partial charge is 0.246 e. The first-order valence-corrected chi connectivity index (χ1v) is 8.44. The monoisotopic (exact) mass is 316 g/mol. The molecule has 0 saturated carbocycles. The number of nitrogens with one attached hydrogen (secondary N) is 1. The Hall–Kier alpha value is -1.84. The van der Waals surface area contributed by atoms with Crippen molar-refractivity contribution in [3.05, 3.63) is 29.3 Å². The molecule has 4 heteroatoms.